The number of rotatable bonds is 2. The Morgan fingerprint density at radius 3 is 2.32 bits per heavy atom. The van der Waals surface area contributed by atoms with Crippen molar-refractivity contribution in [1.82, 2.24) is 14.9 Å². The predicted molar refractivity (Wildman–Crippen MR) is 76.5 cm³/mol. The molecule has 2 heterocycles. The highest BCUT2D eigenvalue weighted by atomic mass is 16.5. The quantitative estimate of drug-likeness (QED) is 0.860. The van der Waals surface area contributed by atoms with Gasteiger partial charge in [-0.25, -0.2) is 4.98 Å². The van der Waals surface area contributed by atoms with Crippen LogP contribution < -0.4 is 15.4 Å². The minimum Gasteiger partial charge on any atom is -0.479 e. The van der Waals surface area contributed by atoms with E-state index in [-0.39, 0.29) is 5.54 Å². The maximum Gasteiger partial charge on any atom is 0.242 e. The molecule has 0 spiro atoms. The number of anilines is 2. The van der Waals surface area contributed by atoms with E-state index in [1.165, 1.54) is 6.33 Å². The summed E-state index contributed by atoms with van der Waals surface area (Å²) >= 11 is 0. The lowest BCUT2D eigenvalue weighted by atomic mass is 10.0. The fourth-order valence-corrected chi connectivity index (χ4v) is 2.37. The third-order valence-electron chi connectivity index (χ3n) is 3.55. The number of hydrogen-bond donors (Lipinski definition) is 1. The Labute approximate surface area is 114 Å². The molecule has 0 bridgehead atoms. The van der Waals surface area contributed by atoms with Crippen molar-refractivity contribution in [3.63, 3.8) is 0 Å². The zero-order chi connectivity index (χ0) is 14.0. The first-order chi connectivity index (χ1) is 8.93. The fraction of sp³-hybridized carbons (Fsp3) is 0.692. The molecule has 1 fully saturated rings. The van der Waals surface area contributed by atoms with Gasteiger partial charge >= 0.3 is 0 Å². The second kappa shape index (κ2) is 5.21. The summed E-state index contributed by atoms with van der Waals surface area (Å²) in [6.07, 6.45) is 1.50. The molecule has 1 aliphatic heterocycles. The number of hydrogen-bond acceptors (Lipinski definition) is 6. The lowest BCUT2D eigenvalue weighted by molar-refractivity contribution is 0.128. The summed E-state index contributed by atoms with van der Waals surface area (Å²) in [5, 5.41) is 0. The Hall–Kier alpha value is -1.56. The summed E-state index contributed by atoms with van der Waals surface area (Å²) in [6.45, 7) is 10.6. The topological polar surface area (TPSA) is 67.5 Å². The molecule has 2 rings (SSSR count). The molecular formula is C13H23N5O. The average Bonchev–Trinajstić information content (AvgIpc) is 2.38. The SMILES string of the molecule is COc1ncnc(N2CCN(C(C)(C)C)CC2)c1N. The minimum absolute atomic E-state index is 0.209. The first-order valence-corrected chi connectivity index (χ1v) is 6.58. The van der Waals surface area contributed by atoms with Gasteiger partial charge in [0.05, 0.1) is 7.11 Å². The van der Waals surface area contributed by atoms with Crippen LogP contribution in [0.15, 0.2) is 6.33 Å². The van der Waals surface area contributed by atoms with Gasteiger partial charge in [0.2, 0.25) is 5.88 Å². The van der Waals surface area contributed by atoms with Gasteiger partial charge in [0.25, 0.3) is 0 Å². The second-order valence-corrected chi connectivity index (χ2v) is 5.77. The van der Waals surface area contributed by atoms with Gasteiger partial charge in [0.1, 0.15) is 12.0 Å². The van der Waals surface area contributed by atoms with Gasteiger partial charge in [-0.05, 0) is 20.8 Å². The molecule has 0 atom stereocenters. The van der Waals surface area contributed by atoms with E-state index in [4.69, 9.17) is 10.5 Å². The average molecular weight is 265 g/mol. The Morgan fingerprint density at radius 1 is 1.16 bits per heavy atom. The molecule has 0 aromatic carbocycles. The van der Waals surface area contributed by atoms with Crippen molar-refractivity contribution in [3.05, 3.63) is 6.33 Å². The molecule has 0 radical (unpaired) electrons. The largest absolute Gasteiger partial charge is 0.479 e. The maximum atomic E-state index is 6.04. The Morgan fingerprint density at radius 2 is 1.79 bits per heavy atom. The molecule has 6 heteroatoms. The summed E-state index contributed by atoms with van der Waals surface area (Å²) in [4.78, 5) is 13.0. The van der Waals surface area contributed by atoms with E-state index in [2.05, 4.69) is 40.5 Å². The summed E-state index contributed by atoms with van der Waals surface area (Å²) in [6, 6.07) is 0. The van der Waals surface area contributed by atoms with Gasteiger partial charge < -0.3 is 15.4 Å². The van der Waals surface area contributed by atoms with Crippen molar-refractivity contribution in [2.75, 3.05) is 43.9 Å². The summed E-state index contributed by atoms with van der Waals surface area (Å²) in [5.74, 6) is 1.23. The van der Waals surface area contributed by atoms with Gasteiger partial charge in [-0.2, -0.15) is 4.98 Å². The van der Waals surface area contributed by atoms with Crippen molar-refractivity contribution >= 4 is 11.5 Å². The highest BCUT2D eigenvalue weighted by molar-refractivity contribution is 5.67. The van der Waals surface area contributed by atoms with Gasteiger partial charge in [0.15, 0.2) is 5.82 Å². The highest BCUT2D eigenvalue weighted by Crippen LogP contribution is 2.28. The fourth-order valence-electron chi connectivity index (χ4n) is 2.37. The van der Waals surface area contributed by atoms with Crippen molar-refractivity contribution in [1.29, 1.82) is 0 Å². The predicted octanol–water partition coefficient (Wildman–Crippen LogP) is 0.988. The van der Waals surface area contributed by atoms with Crippen LogP contribution in [0.3, 0.4) is 0 Å². The van der Waals surface area contributed by atoms with E-state index < -0.39 is 0 Å². The van der Waals surface area contributed by atoms with E-state index in [9.17, 15) is 0 Å². The minimum atomic E-state index is 0.209. The normalized spacial score (nSPS) is 17.6. The van der Waals surface area contributed by atoms with E-state index in [0.717, 1.165) is 32.0 Å². The molecule has 1 aromatic heterocycles. The zero-order valence-corrected chi connectivity index (χ0v) is 12.2. The zero-order valence-electron chi connectivity index (χ0n) is 12.2. The number of nitrogen functional groups attached to an aromatic ring is 1. The van der Waals surface area contributed by atoms with E-state index >= 15 is 0 Å². The van der Waals surface area contributed by atoms with E-state index in [1.807, 2.05) is 0 Å². The lowest BCUT2D eigenvalue weighted by Gasteiger charge is -2.42. The molecule has 6 nitrogen and oxygen atoms in total. The summed E-state index contributed by atoms with van der Waals surface area (Å²) < 4.78 is 5.14. The first kappa shape index (κ1) is 13.9. The molecule has 1 aliphatic rings. The Bertz CT molecular complexity index is 435. The first-order valence-electron chi connectivity index (χ1n) is 6.58. The van der Waals surface area contributed by atoms with Crippen molar-refractivity contribution < 1.29 is 4.74 Å². The van der Waals surface area contributed by atoms with Crippen LogP contribution in [0.25, 0.3) is 0 Å². The van der Waals surface area contributed by atoms with Crippen LogP contribution in [0.1, 0.15) is 20.8 Å². The monoisotopic (exact) mass is 265 g/mol. The van der Waals surface area contributed by atoms with E-state index in [1.54, 1.807) is 7.11 Å². The van der Waals surface area contributed by atoms with Crippen LogP contribution in [0, 0.1) is 0 Å². The van der Waals surface area contributed by atoms with Crippen LogP contribution in [-0.2, 0) is 0 Å². The van der Waals surface area contributed by atoms with Crippen LogP contribution in [0.4, 0.5) is 11.5 Å². The molecule has 1 saturated heterocycles. The van der Waals surface area contributed by atoms with Crippen molar-refractivity contribution in [3.8, 4) is 5.88 Å². The standard InChI is InChI=1S/C13H23N5O/c1-13(2,3)18-7-5-17(6-8-18)11-10(14)12(19-4)16-9-15-11/h9H,5-8,14H2,1-4H3. The Balaban J connectivity index is 2.10. The van der Waals surface area contributed by atoms with E-state index in [0.29, 0.717) is 11.6 Å². The number of piperazine rings is 1. The van der Waals surface area contributed by atoms with Gasteiger partial charge in [-0.1, -0.05) is 0 Å². The molecule has 0 unspecified atom stereocenters. The molecule has 0 amide bonds. The number of methoxy groups -OCH3 is 1. The number of aromatic nitrogens is 2. The second-order valence-electron chi connectivity index (χ2n) is 5.77. The smallest absolute Gasteiger partial charge is 0.242 e. The van der Waals surface area contributed by atoms with Crippen LogP contribution in [0.5, 0.6) is 5.88 Å². The molecule has 0 aliphatic carbocycles. The van der Waals surface area contributed by atoms with Crippen LogP contribution in [-0.4, -0.2) is 53.7 Å². The van der Waals surface area contributed by atoms with Gasteiger partial charge in [-0.3, -0.25) is 4.90 Å². The number of nitrogens with zero attached hydrogens (tertiary/aromatic N) is 4. The van der Waals surface area contributed by atoms with Crippen molar-refractivity contribution in [2.45, 2.75) is 26.3 Å². The molecule has 106 valence electrons. The van der Waals surface area contributed by atoms with Gasteiger partial charge in [0, 0.05) is 31.7 Å². The maximum absolute atomic E-state index is 6.04. The third-order valence-corrected chi connectivity index (χ3v) is 3.55. The number of ether oxygens (including phenoxy) is 1. The number of nitrogens with two attached hydrogens (primary N) is 1. The third kappa shape index (κ3) is 2.89. The van der Waals surface area contributed by atoms with Crippen LogP contribution >= 0.6 is 0 Å². The molecule has 2 N–H and O–H groups in total. The van der Waals surface area contributed by atoms with Gasteiger partial charge in [-0.15, -0.1) is 0 Å². The molecular weight excluding hydrogens is 242 g/mol. The lowest BCUT2D eigenvalue weighted by Crippen LogP contribution is -2.53. The molecule has 19 heavy (non-hydrogen) atoms. The molecule has 1 aromatic rings. The highest BCUT2D eigenvalue weighted by Gasteiger charge is 2.27. The summed E-state index contributed by atoms with van der Waals surface area (Å²) in [5.41, 5.74) is 6.77. The molecule has 0 saturated carbocycles. The summed E-state index contributed by atoms with van der Waals surface area (Å²) in [7, 11) is 1.57. The van der Waals surface area contributed by atoms with Crippen LogP contribution in [0.2, 0.25) is 0 Å². The van der Waals surface area contributed by atoms with Crippen molar-refractivity contribution in [2.24, 2.45) is 0 Å². The Kier molecular flexibility index (Phi) is 3.80.